The van der Waals surface area contributed by atoms with Gasteiger partial charge in [0, 0.05) is 11.8 Å². The molecule has 4 saturated carbocycles. The number of ketones is 1. The van der Waals surface area contributed by atoms with E-state index in [0.29, 0.717) is 29.5 Å². The molecule has 180 valence electrons. The third kappa shape index (κ3) is 3.86. The second-order valence-corrected chi connectivity index (χ2v) is 13.5. The molecule has 0 saturated heterocycles. The first-order valence-electron chi connectivity index (χ1n) is 12.6. The van der Waals surface area contributed by atoms with Gasteiger partial charge in [-0.1, -0.05) is 32.0 Å². The minimum atomic E-state index is -3.68. The van der Waals surface area contributed by atoms with Crippen molar-refractivity contribution in [3.8, 4) is 0 Å². The maximum Gasteiger partial charge on any atom is 0.321 e. The summed E-state index contributed by atoms with van der Waals surface area (Å²) in [6.45, 7) is 4.66. The molecule has 0 radical (unpaired) electrons. The van der Waals surface area contributed by atoms with Crippen LogP contribution in [0.25, 0.3) is 0 Å². The molecule has 7 atom stereocenters. The van der Waals surface area contributed by atoms with Crippen molar-refractivity contribution in [2.75, 3.05) is 5.75 Å². The van der Waals surface area contributed by atoms with Crippen molar-refractivity contribution in [2.24, 2.45) is 34.5 Å². The largest absolute Gasteiger partial charge is 0.462 e. The van der Waals surface area contributed by atoms with Crippen LogP contribution in [0.5, 0.6) is 0 Å². The molecule has 0 N–H and O–H groups in total. The summed E-state index contributed by atoms with van der Waals surface area (Å²) in [6.07, 6.45) is 8.72. The van der Waals surface area contributed by atoms with Crippen molar-refractivity contribution < 1.29 is 22.7 Å². The van der Waals surface area contributed by atoms with Crippen molar-refractivity contribution >= 4 is 21.6 Å². The summed E-state index contributed by atoms with van der Waals surface area (Å²) < 4.78 is 30.8. The fraction of sp³-hybridized carbons (Fsp3) is 0.704. The van der Waals surface area contributed by atoms with Crippen molar-refractivity contribution in [1.29, 1.82) is 0 Å². The summed E-state index contributed by atoms with van der Waals surface area (Å²) in [5, 5.41) is 0. The van der Waals surface area contributed by atoms with Gasteiger partial charge in [-0.15, -0.1) is 0 Å². The highest BCUT2D eigenvalue weighted by Crippen LogP contribution is 2.65. The normalized spacial score (nSPS) is 40.4. The van der Waals surface area contributed by atoms with Crippen LogP contribution in [-0.4, -0.2) is 32.0 Å². The number of rotatable bonds is 4. The number of esters is 1. The topological polar surface area (TPSA) is 77.5 Å². The summed E-state index contributed by atoms with van der Waals surface area (Å²) >= 11 is 0. The predicted molar refractivity (Wildman–Crippen MR) is 125 cm³/mol. The molecule has 1 unspecified atom stereocenters. The number of fused-ring (bicyclic) bond motifs is 5. The molecule has 0 aliphatic heterocycles. The van der Waals surface area contributed by atoms with Crippen LogP contribution in [0.3, 0.4) is 0 Å². The van der Waals surface area contributed by atoms with E-state index >= 15 is 0 Å². The van der Waals surface area contributed by atoms with Crippen LogP contribution in [0.15, 0.2) is 35.2 Å². The minimum Gasteiger partial charge on any atom is -0.462 e. The zero-order chi connectivity index (χ0) is 23.4. The van der Waals surface area contributed by atoms with E-state index in [1.54, 1.807) is 18.2 Å². The van der Waals surface area contributed by atoms with Crippen LogP contribution in [0.4, 0.5) is 0 Å². The van der Waals surface area contributed by atoms with Crippen LogP contribution in [0.1, 0.15) is 71.6 Å². The van der Waals surface area contributed by atoms with Crippen molar-refractivity contribution in [3.05, 3.63) is 30.3 Å². The zero-order valence-corrected chi connectivity index (χ0v) is 20.6. The van der Waals surface area contributed by atoms with E-state index in [-0.39, 0.29) is 21.8 Å². The van der Waals surface area contributed by atoms with Crippen LogP contribution in [0, 0.1) is 34.5 Å². The molecule has 1 aromatic carbocycles. The Kier molecular flexibility index (Phi) is 5.74. The lowest BCUT2D eigenvalue weighted by Crippen LogP contribution is -2.54. The van der Waals surface area contributed by atoms with Crippen molar-refractivity contribution in [2.45, 2.75) is 82.6 Å². The molecule has 33 heavy (non-hydrogen) atoms. The molecule has 5 rings (SSSR count). The third-order valence-electron chi connectivity index (χ3n) is 10.0. The number of hydrogen-bond acceptors (Lipinski definition) is 5. The second-order valence-electron chi connectivity index (χ2n) is 11.5. The third-order valence-corrected chi connectivity index (χ3v) is 11.6. The minimum absolute atomic E-state index is 0.0959. The smallest absolute Gasteiger partial charge is 0.321 e. The Morgan fingerprint density at radius 1 is 1.00 bits per heavy atom. The van der Waals surface area contributed by atoms with Gasteiger partial charge in [0.05, 0.1) is 4.90 Å². The lowest BCUT2D eigenvalue weighted by Gasteiger charge is -2.60. The van der Waals surface area contributed by atoms with Gasteiger partial charge in [0.25, 0.3) is 0 Å². The number of ether oxygens (including phenoxy) is 1. The van der Waals surface area contributed by atoms with Crippen molar-refractivity contribution in [3.63, 3.8) is 0 Å². The molecule has 5 nitrogen and oxygen atoms in total. The van der Waals surface area contributed by atoms with E-state index in [4.69, 9.17) is 4.74 Å². The molecular weight excluding hydrogens is 436 g/mol. The number of carbonyl (C=O) groups is 2. The molecule has 0 bridgehead atoms. The molecule has 6 heteroatoms. The molecule has 0 aromatic heterocycles. The van der Waals surface area contributed by atoms with E-state index in [1.807, 2.05) is 0 Å². The van der Waals surface area contributed by atoms with E-state index in [1.165, 1.54) is 18.6 Å². The molecular formula is C27H36O5S. The van der Waals surface area contributed by atoms with Gasteiger partial charge in [-0.05, 0) is 92.6 Å². The first-order chi connectivity index (χ1) is 15.6. The maximum absolute atomic E-state index is 12.6. The highest BCUT2D eigenvalue weighted by Gasteiger charge is 2.60. The molecule has 4 aliphatic rings. The van der Waals surface area contributed by atoms with Gasteiger partial charge in [0.2, 0.25) is 0 Å². The quantitative estimate of drug-likeness (QED) is 0.577. The second kappa shape index (κ2) is 8.21. The Morgan fingerprint density at radius 2 is 1.76 bits per heavy atom. The van der Waals surface area contributed by atoms with Gasteiger partial charge in [-0.2, -0.15) is 0 Å². The number of hydrogen-bond donors (Lipinski definition) is 0. The number of Topliss-reactive ketones (excluding diaryl/α,β-unsaturated/α-hetero) is 1. The Morgan fingerprint density at radius 3 is 2.52 bits per heavy atom. The van der Waals surface area contributed by atoms with Gasteiger partial charge in [-0.25, -0.2) is 8.42 Å². The van der Waals surface area contributed by atoms with Gasteiger partial charge >= 0.3 is 5.97 Å². The van der Waals surface area contributed by atoms with Gasteiger partial charge < -0.3 is 4.74 Å². The molecule has 4 aliphatic carbocycles. The SMILES string of the molecule is C[C@]12CC[C@H](OC(=O)CS(=O)(=O)c3ccccc3)CC1CC[C@@H]1[C@@H]2CC[C@]2(C)C(=O)CC[C@@H]12. The molecule has 0 amide bonds. The first kappa shape index (κ1) is 23.1. The standard InChI is InChI=1S/C27H36O5S/c1-26-14-12-19(32-25(29)17-33(30,31)20-6-4-3-5-7-20)16-18(26)8-9-21-22-10-11-24(28)27(22,2)15-13-23(21)26/h3-7,18-19,21-23H,8-17H2,1-2H3/t18?,19-,21-,22-,23-,26-,27-/m0/s1. The summed E-state index contributed by atoms with van der Waals surface area (Å²) in [7, 11) is -3.68. The van der Waals surface area contributed by atoms with Crippen LogP contribution in [-0.2, 0) is 24.2 Å². The van der Waals surface area contributed by atoms with E-state index in [0.717, 1.165) is 51.4 Å². The van der Waals surface area contributed by atoms with E-state index in [2.05, 4.69) is 13.8 Å². The van der Waals surface area contributed by atoms with Crippen LogP contribution >= 0.6 is 0 Å². The van der Waals surface area contributed by atoms with E-state index in [9.17, 15) is 18.0 Å². The number of sulfone groups is 1. The first-order valence-corrected chi connectivity index (χ1v) is 14.3. The monoisotopic (exact) mass is 472 g/mol. The average molecular weight is 473 g/mol. The highest BCUT2D eigenvalue weighted by atomic mass is 32.2. The summed E-state index contributed by atoms with van der Waals surface area (Å²) in [5.41, 5.74) is 0.135. The molecule has 0 heterocycles. The van der Waals surface area contributed by atoms with Gasteiger partial charge in [0.1, 0.15) is 11.9 Å². The fourth-order valence-corrected chi connectivity index (χ4v) is 9.30. The molecule has 0 spiro atoms. The summed E-state index contributed by atoms with van der Waals surface area (Å²) in [4.78, 5) is 25.3. The Balaban J connectivity index is 1.23. The lowest BCUT2D eigenvalue weighted by atomic mass is 9.45. The van der Waals surface area contributed by atoms with Gasteiger partial charge in [0.15, 0.2) is 15.6 Å². The highest BCUT2D eigenvalue weighted by molar-refractivity contribution is 7.92. The van der Waals surface area contributed by atoms with Gasteiger partial charge in [-0.3, -0.25) is 9.59 Å². The Hall–Kier alpha value is -1.69. The van der Waals surface area contributed by atoms with E-state index < -0.39 is 21.6 Å². The molecule has 1 aromatic rings. The zero-order valence-electron chi connectivity index (χ0n) is 19.8. The van der Waals surface area contributed by atoms with Crippen molar-refractivity contribution in [1.82, 2.24) is 0 Å². The number of benzene rings is 1. The van der Waals surface area contributed by atoms with Crippen LogP contribution < -0.4 is 0 Å². The lowest BCUT2D eigenvalue weighted by molar-refractivity contribution is -0.159. The fourth-order valence-electron chi connectivity index (χ4n) is 8.18. The van der Waals surface area contributed by atoms with Crippen LogP contribution in [0.2, 0.25) is 0 Å². The summed E-state index contributed by atoms with van der Waals surface area (Å²) in [5.74, 6) is 1.58. The number of carbonyl (C=O) groups excluding carboxylic acids is 2. The average Bonchev–Trinajstić information content (AvgIpc) is 3.09. The Labute approximate surface area is 197 Å². The maximum atomic E-state index is 12.6. The Bertz CT molecular complexity index is 1030. The summed E-state index contributed by atoms with van der Waals surface area (Å²) in [6, 6.07) is 8.10. The predicted octanol–water partition coefficient (Wildman–Crippen LogP) is 4.98. The molecule has 4 fully saturated rings.